The first-order chi connectivity index (χ1) is 11.6. The van der Waals surface area contributed by atoms with Gasteiger partial charge in [-0.3, -0.25) is 4.79 Å². The van der Waals surface area contributed by atoms with Gasteiger partial charge in [-0.1, -0.05) is 43.3 Å². The molecule has 0 N–H and O–H groups in total. The predicted octanol–water partition coefficient (Wildman–Crippen LogP) is 4.49. The zero-order valence-corrected chi connectivity index (χ0v) is 14.5. The molecule has 2 rings (SSSR count). The summed E-state index contributed by atoms with van der Waals surface area (Å²) in [5.41, 5.74) is 4.46. The lowest BCUT2D eigenvalue weighted by Gasteiger charge is -2.05. The van der Waals surface area contributed by atoms with Crippen LogP contribution in [0.3, 0.4) is 0 Å². The predicted molar refractivity (Wildman–Crippen MR) is 96.1 cm³/mol. The van der Waals surface area contributed by atoms with Crippen molar-refractivity contribution in [2.24, 2.45) is 0 Å². The Labute approximate surface area is 143 Å². The molecule has 0 unspecified atom stereocenters. The number of allylic oxidation sites excluding steroid dienone is 1. The Kier molecular flexibility index (Phi) is 6.62. The van der Waals surface area contributed by atoms with Crippen molar-refractivity contribution in [3.05, 3.63) is 77.1 Å². The molecule has 3 nitrogen and oxygen atoms in total. The van der Waals surface area contributed by atoms with Gasteiger partial charge in [-0.2, -0.15) is 0 Å². The molecule has 2 aromatic rings. The van der Waals surface area contributed by atoms with Gasteiger partial charge in [0.2, 0.25) is 0 Å². The van der Waals surface area contributed by atoms with E-state index in [9.17, 15) is 4.79 Å². The van der Waals surface area contributed by atoms with E-state index in [1.165, 1.54) is 11.1 Å². The van der Waals surface area contributed by atoms with Crippen molar-refractivity contribution >= 4 is 5.97 Å². The van der Waals surface area contributed by atoms with Crippen LogP contribution in [0.1, 0.15) is 30.5 Å². The lowest BCUT2D eigenvalue weighted by Crippen LogP contribution is -2.04. The molecule has 0 atom stereocenters. The Balaban J connectivity index is 1.84. The number of carbonyl (C=O) groups is 1. The summed E-state index contributed by atoms with van der Waals surface area (Å²) >= 11 is 0. The highest BCUT2D eigenvalue weighted by Crippen LogP contribution is 2.13. The van der Waals surface area contributed by atoms with Crippen LogP contribution >= 0.6 is 0 Å². The van der Waals surface area contributed by atoms with Crippen molar-refractivity contribution in [3.8, 4) is 5.75 Å². The van der Waals surface area contributed by atoms with Gasteiger partial charge in [-0.25, -0.2) is 0 Å². The number of methoxy groups -OCH3 is 1. The first kappa shape index (κ1) is 17.8. The fraction of sp³-hybridized carbons (Fsp3) is 0.286. The van der Waals surface area contributed by atoms with Crippen LogP contribution in [-0.2, 0) is 28.8 Å². The Morgan fingerprint density at radius 1 is 0.917 bits per heavy atom. The number of esters is 1. The Hall–Kier alpha value is -2.55. The number of benzene rings is 2. The SMILES string of the molecule is CCc1ccc(C/C(C)=C/OC(=O)Cc2ccc(OC)cc2)cc1. The molecule has 0 saturated heterocycles. The van der Waals surface area contributed by atoms with Gasteiger partial charge in [0.25, 0.3) is 0 Å². The average Bonchev–Trinajstić information content (AvgIpc) is 2.61. The fourth-order valence-corrected chi connectivity index (χ4v) is 2.37. The van der Waals surface area contributed by atoms with Crippen LogP contribution in [0.4, 0.5) is 0 Å². The van der Waals surface area contributed by atoms with Crippen LogP contribution in [0.25, 0.3) is 0 Å². The van der Waals surface area contributed by atoms with Crippen LogP contribution < -0.4 is 4.74 Å². The largest absolute Gasteiger partial charge is 0.497 e. The van der Waals surface area contributed by atoms with E-state index < -0.39 is 0 Å². The molecule has 0 heterocycles. The lowest BCUT2D eigenvalue weighted by atomic mass is 10.0. The molecular weight excluding hydrogens is 300 g/mol. The third-order valence-electron chi connectivity index (χ3n) is 3.81. The minimum Gasteiger partial charge on any atom is -0.497 e. The summed E-state index contributed by atoms with van der Waals surface area (Å²) in [5.74, 6) is 0.512. The van der Waals surface area contributed by atoms with Gasteiger partial charge in [-0.05, 0) is 54.2 Å². The van der Waals surface area contributed by atoms with Gasteiger partial charge in [0.15, 0.2) is 0 Å². The summed E-state index contributed by atoms with van der Waals surface area (Å²) in [6.45, 7) is 4.11. The number of hydrogen-bond acceptors (Lipinski definition) is 3. The summed E-state index contributed by atoms with van der Waals surface area (Å²) in [6, 6.07) is 15.9. The first-order valence-corrected chi connectivity index (χ1v) is 8.16. The second-order valence-electron chi connectivity index (χ2n) is 5.83. The molecule has 2 aromatic carbocycles. The maximum atomic E-state index is 11.9. The standard InChI is InChI=1S/C21H24O3/c1-4-17-5-7-18(8-6-17)13-16(2)15-24-21(22)14-19-9-11-20(23-3)12-10-19/h5-12,15H,4,13-14H2,1-3H3/b16-15+. The average molecular weight is 324 g/mol. The van der Waals surface area contributed by atoms with Crippen LogP contribution in [0.5, 0.6) is 5.75 Å². The third-order valence-corrected chi connectivity index (χ3v) is 3.81. The molecule has 0 saturated carbocycles. The van der Waals surface area contributed by atoms with Crippen molar-refractivity contribution < 1.29 is 14.3 Å². The molecule has 24 heavy (non-hydrogen) atoms. The van der Waals surface area contributed by atoms with Crippen molar-refractivity contribution in [2.75, 3.05) is 7.11 Å². The number of carbonyl (C=O) groups excluding carboxylic acids is 1. The monoisotopic (exact) mass is 324 g/mol. The minimum absolute atomic E-state index is 0.249. The summed E-state index contributed by atoms with van der Waals surface area (Å²) in [5, 5.41) is 0. The van der Waals surface area contributed by atoms with Gasteiger partial charge in [0, 0.05) is 0 Å². The zero-order valence-electron chi connectivity index (χ0n) is 14.5. The molecule has 0 spiro atoms. The fourth-order valence-electron chi connectivity index (χ4n) is 2.37. The van der Waals surface area contributed by atoms with Gasteiger partial charge in [-0.15, -0.1) is 0 Å². The molecule has 0 aliphatic carbocycles. The quantitative estimate of drug-likeness (QED) is 0.556. The first-order valence-electron chi connectivity index (χ1n) is 8.16. The summed E-state index contributed by atoms with van der Waals surface area (Å²) in [4.78, 5) is 11.9. The molecule has 0 aromatic heterocycles. The normalized spacial score (nSPS) is 11.2. The summed E-state index contributed by atoms with van der Waals surface area (Å²) in [7, 11) is 1.62. The Morgan fingerprint density at radius 2 is 1.46 bits per heavy atom. The van der Waals surface area contributed by atoms with Crippen molar-refractivity contribution in [1.82, 2.24) is 0 Å². The van der Waals surface area contributed by atoms with Crippen LogP contribution in [0.2, 0.25) is 0 Å². The Morgan fingerprint density at radius 3 is 2.04 bits per heavy atom. The van der Waals surface area contributed by atoms with Gasteiger partial charge >= 0.3 is 5.97 Å². The number of rotatable bonds is 7. The van der Waals surface area contributed by atoms with E-state index in [2.05, 4.69) is 31.2 Å². The number of aryl methyl sites for hydroxylation is 1. The topological polar surface area (TPSA) is 35.5 Å². The van der Waals surface area contributed by atoms with E-state index in [0.29, 0.717) is 0 Å². The molecule has 0 fully saturated rings. The highest BCUT2D eigenvalue weighted by atomic mass is 16.5. The van der Waals surface area contributed by atoms with Gasteiger partial charge < -0.3 is 9.47 Å². The molecule has 0 aliphatic rings. The second-order valence-corrected chi connectivity index (χ2v) is 5.83. The highest BCUT2D eigenvalue weighted by molar-refractivity contribution is 5.73. The van der Waals surface area contributed by atoms with E-state index in [-0.39, 0.29) is 12.4 Å². The van der Waals surface area contributed by atoms with Crippen LogP contribution in [-0.4, -0.2) is 13.1 Å². The van der Waals surface area contributed by atoms with E-state index >= 15 is 0 Å². The molecule has 3 heteroatoms. The summed E-state index contributed by atoms with van der Waals surface area (Å²) in [6.07, 6.45) is 3.62. The van der Waals surface area contributed by atoms with Crippen LogP contribution in [0.15, 0.2) is 60.4 Å². The Bertz CT molecular complexity index is 682. The molecule has 0 bridgehead atoms. The minimum atomic E-state index is -0.263. The van der Waals surface area contributed by atoms with Crippen molar-refractivity contribution in [2.45, 2.75) is 33.1 Å². The van der Waals surface area contributed by atoms with E-state index in [1.807, 2.05) is 31.2 Å². The number of hydrogen-bond donors (Lipinski definition) is 0. The van der Waals surface area contributed by atoms with Crippen molar-refractivity contribution in [1.29, 1.82) is 0 Å². The van der Waals surface area contributed by atoms with Gasteiger partial charge in [0.05, 0.1) is 19.8 Å². The molecule has 0 aliphatic heterocycles. The van der Waals surface area contributed by atoms with E-state index in [1.54, 1.807) is 13.4 Å². The smallest absolute Gasteiger partial charge is 0.315 e. The molecular formula is C21H24O3. The number of ether oxygens (including phenoxy) is 2. The third kappa shape index (κ3) is 5.58. The molecule has 0 radical (unpaired) electrons. The van der Waals surface area contributed by atoms with E-state index in [0.717, 1.165) is 29.7 Å². The maximum Gasteiger partial charge on any atom is 0.315 e. The maximum absolute atomic E-state index is 11.9. The zero-order chi connectivity index (χ0) is 17.4. The molecule has 0 amide bonds. The summed E-state index contributed by atoms with van der Waals surface area (Å²) < 4.78 is 10.3. The molecule has 126 valence electrons. The lowest BCUT2D eigenvalue weighted by molar-refractivity contribution is -0.137. The highest BCUT2D eigenvalue weighted by Gasteiger charge is 2.04. The van der Waals surface area contributed by atoms with Crippen LogP contribution in [0, 0.1) is 0 Å². The van der Waals surface area contributed by atoms with E-state index in [4.69, 9.17) is 9.47 Å². The second kappa shape index (κ2) is 8.92. The van der Waals surface area contributed by atoms with Crippen molar-refractivity contribution in [3.63, 3.8) is 0 Å². The van der Waals surface area contributed by atoms with Gasteiger partial charge in [0.1, 0.15) is 5.75 Å².